The molecular formula is C28H29ClF6N4O2. The van der Waals surface area contributed by atoms with Gasteiger partial charge in [-0.3, -0.25) is 4.68 Å². The first-order valence-electron chi connectivity index (χ1n) is 13.2. The second-order valence-electron chi connectivity index (χ2n) is 10.6. The van der Waals surface area contributed by atoms with Crippen LogP contribution in [0.5, 0.6) is 0 Å². The maximum Gasteiger partial charge on any atom is 0.433 e. The van der Waals surface area contributed by atoms with E-state index in [1.165, 1.54) is 0 Å². The van der Waals surface area contributed by atoms with Crippen LogP contribution in [0.4, 0.5) is 32.0 Å². The molecule has 6 nitrogen and oxygen atoms in total. The van der Waals surface area contributed by atoms with E-state index < -0.39 is 42.4 Å². The van der Waals surface area contributed by atoms with Crippen molar-refractivity contribution in [1.29, 1.82) is 0 Å². The number of piperidine rings is 1. The number of aliphatic hydroxyl groups excluding tert-OH is 1. The van der Waals surface area contributed by atoms with Crippen molar-refractivity contribution in [1.82, 2.24) is 14.7 Å². The molecule has 222 valence electrons. The summed E-state index contributed by atoms with van der Waals surface area (Å²) in [6.45, 7) is 1.91. The number of likely N-dealkylation sites (tertiary alicyclic amines) is 1. The summed E-state index contributed by atoms with van der Waals surface area (Å²) in [5.74, 6) is 0.157. The summed E-state index contributed by atoms with van der Waals surface area (Å²) >= 11 is 6.34. The summed E-state index contributed by atoms with van der Waals surface area (Å²) < 4.78 is 80.0. The van der Waals surface area contributed by atoms with E-state index in [9.17, 15) is 36.6 Å². The van der Waals surface area contributed by atoms with Gasteiger partial charge in [-0.2, -0.15) is 31.4 Å². The van der Waals surface area contributed by atoms with Crippen molar-refractivity contribution in [3.05, 3.63) is 70.5 Å². The maximum absolute atomic E-state index is 13.9. The van der Waals surface area contributed by atoms with Crippen molar-refractivity contribution in [2.45, 2.75) is 49.9 Å². The minimum absolute atomic E-state index is 0.00602. The maximum atomic E-state index is 13.9. The monoisotopic (exact) mass is 602 g/mol. The van der Waals surface area contributed by atoms with Gasteiger partial charge in [-0.15, -0.1) is 0 Å². The van der Waals surface area contributed by atoms with E-state index in [1.807, 2.05) is 35.2 Å². The van der Waals surface area contributed by atoms with Crippen molar-refractivity contribution >= 4 is 17.3 Å². The van der Waals surface area contributed by atoms with Crippen LogP contribution in [0.15, 0.2) is 48.7 Å². The quantitative estimate of drug-likeness (QED) is 0.242. The predicted octanol–water partition coefficient (Wildman–Crippen LogP) is 6.40. The van der Waals surface area contributed by atoms with Crippen molar-refractivity contribution in [2.24, 2.45) is 0 Å². The molecule has 0 spiro atoms. The number of rotatable bonds is 7. The molecule has 2 N–H and O–H groups in total. The van der Waals surface area contributed by atoms with E-state index in [4.69, 9.17) is 11.6 Å². The smallest absolute Gasteiger partial charge is 0.369 e. The zero-order valence-electron chi connectivity index (χ0n) is 21.8. The standard InChI is InChI=1S/C28H29ClF6N4O2/c29-20-7-8-22(18-5-3-17(4-6-18)19-14-37(15-19)11-9-27(30,31)32)24(12-20)38-10-1-2-21(16-38)39-25(28(33,34)35)23(13-36-39)26(40)41/h3-8,12-13,19,21,26,40-41H,1-2,9-11,14-16H2. The third-order valence-electron chi connectivity index (χ3n) is 7.78. The Morgan fingerprint density at radius 1 is 0.976 bits per heavy atom. The Labute approximate surface area is 237 Å². The summed E-state index contributed by atoms with van der Waals surface area (Å²) in [7, 11) is 0. The average Bonchev–Trinajstić information content (AvgIpc) is 3.34. The Balaban J connectivity index is 1.34. The summed E-state index contributed by atoms with van der Waals surface area (Å²) in [6.07, 6.45) is -10.3. The van der Waals surface area contributed by atoms with Crippen LogP contribution in [0.25, 0.3) is 11.1 Å². The van der Waals surface area contributed by atoms with Gasteiger partial charge in [0.15, 0.2) is 12.0 Å². The molecule has 0 radical (unpaired) electrons. The second-order valence-corrected chi connectivity index (χ2v) is 11.0. The zero-order chi connectivity index (χ0) is 29.5. The Hall–Kier alpha value is -2.80. The summed E-state index contributed by atoms with van der Waals surface area (Å²) in [5, 5.41) is 23.3. The van der Waals surface area contributed by atoms with Gasteiger partial charge in [0.1, 0.15) is 0 Å². The predicted molar refractivity (Wildman–Crippen MR) is 142 cm³/mol. The Kier molecular flexibility index (Phi) is 8.30. The molecule has 2 saturated heterocycles. The zero-order valence-corrected chi connectivity index (χ0v) is 22.6. The van der Waals surface area contributed by atoms with Crippen LogP contribution in [-0.2, 0) is 6.18 Å². The highest BCUT2D eigenvalue weighted by Crippen LogP contribution is 2.40. The van der Waals surface area contributed by atoms with Crippen LogP contribution in [0.3, 0.4) is 0 Å². The van der Waals surface area contributed by atoms with E-state index in [0.717, 1.165) is 33.3 Å². The van der Waals surface area contributed by atoms with E-state index in [2.05, 4.69) is 5.10 Å². The summed E-state index contributed by atoms with van der Waals surface area (Å²) in [6, 6.07) is 12.5. The van der Waals surface area contributed by atoms with Crippen LogP contribution in [0, 0.1) is 0 Å². The first-order valence-corrected chi connectivity index (χ1v) is 13.6. The topological polar surface area (TPSA) is 64.8 Å². The molecule has 2 aliphatic heterocycles. The highest BCUT2D eigenvalue weighted by atomic mass is 35.5. The normalized spacial score (nSPS) is 19.2. The molecule has 3 aromatic rings. The minimum Gasteiger partial charge on any atom is -0.369 e. The molecule has 1 atom stereocenters. The van der Waals surface area contributed by atoms with Gasteiger partial charge >= 0.3 is 12.4 Å². The number of aromatic nitrogens is 2. The van der Waals surface area contributed by atoms with E-state index in [-0.39, 0.29) is 19.0 Å². The van der Waals surface area contributed by atoms with Gasteiger partial charge in [0, 0.05) is 54.9 Å². The van der Waals surface area contributed by atoms with Crippen molar-refractivity contribution in [2.75, 3.05) is 37.6 Å². The van der Waals surface area contributed by atoms with Crippen LogP contribution in [-0.4, -0.2) is 63.8 Å². The van der Waals surface area contributed by atoms with E-state index in [1.54, 1.807) is 17.0 Å². The first-order chi connectivity index (χ1) is 19.3. The Morgan fingerprint density at radius 2 is 1.68 bits per heavy atom. The van der Waals surface area contributed by atoms with Gasteiger partial charge < -0.3 is 20.0 Å². The molecule has 0 aliphatic carbocycles. The van der Waals surface area contributed by atoms with Crippen molar-refractivity contribution in [3.63, 3.8) is 0 Å². The molecule has 3 heterocycles. The number of aliphatic hydroxyl groups is 2. The lowest BCUT2D eigenvalue weighted by molar-refractivity contribution is -0.149. The lowest BCUT2D eigenvalue weighted by Crippen LogP contribution is -2.46. The number of hydrogen-bond donors (Lipinski definition) is 2. The summed E-state index contributed by atoms with van der Waals surface area (Å²) in [4.78, 5) is 3.74. The molecule has 2 aromatic carbocycles. The molecule has 13 heteroatoms. The number of benzene rings is 2. The molecule has 41 heavy (non-hydrogen) atoms. The third kappa shape index (κ3) is 6.66. The number of nitrogens with zero attached hydrogens (tertiary/aromatic N) is 4. The second kappa shape index (κ2) is 11.5. The fourth-order valence-corrected chi connectivity index (χ4v) is 5.87. The minimum atomic E-state index is -4.82. The number of anilines is 1. The van der Waals surface area contributed by atoms with E-state index >= 15 is 0 Å². The van der Waals surface area contributed by atoms with Gasteiger partial charge in [0.25, 0.3) is 0 Å². The lowest BCUT2D eigenvalue weighted by atomic mass is 9.89. The molecule has 5 rings (SSSR count). The highest BCUT2D eigenvalue weighted by molar-refractivity contribution is 6.31. The number of alkyl halides is 6. The molecule has 1 aromatic heterocycles. The lowest BCUT2D eigenvalue weighted by Gasteiger charge is -2.40. The molecule has 1 unspecified atom stereocenters. The van der Waals surface area contributed by atoms with Gasteiger partial charge in [-0.05, 0) is 36.1 Å². The molecule has 0 amide bonds. The molecule has 0 bridgehead atoms. The van der Waals surface area contributed by atoms with Crippen LogP contribution in [0.2, 0.25) is 5.02 Å². The SMILES string of the molecule is OC(O)c1cnn(C2CCCN(c3cc(Cl)ccc3-c3ccc(C4CN(CCC(F)(F)F)C4)cc3)C2)c1C(F)(F)F. The van der Waals surface area contributed by atoms with Gasteiger partial charge in [0.05, 0.1) is 24.2 Å². The van der Waals surface area contributed by atoms with Crippen LogP contribution < -0.4 is 4.90 Å². The van der Waals surface area contributed by atoms with E-state index in [0.29, 0.717) is 37.5 Å². The summed E-state index contributed by atoms with van der Waals surface area (Å²) in [5.41, 5.74) is 1.63. The van der Waals surface area contributed by atoms with Crippen molar-refractivity contribution < 1.29 is 36.6 Å². The Morgan fingerprint density at radius 3 is 2.32 bits per heavy atom. The fraction of sp³-hybridized carbons (Fsp3) is 0.464. The molecular weight excluding hydrogens is 574 g/mol. The molecule has 2 fully saturated rings. The highest BCUT2D eigenvalue weighted by Gasteiger charge is 2.42. The van der Waals surface area contributed by atoms with Crippen molar-refractivity contribution in [3.8, 4) is 11.1 Å². The Bertz CT molecular complexity index is 1350. The largest absolute Gasteiger partial charge is 0.433 e. The average molecular weight is 603 g/mol. The molecule has 0 saturated carbocycles. The van der Waals surface area contributed by atoms with Gasteiger partial charge in [0.2, 0.25) is 0 Å². The molecule has 2 aliphatic rings. The number of hydrogen-bond acceptors (Lipinski definition) is 5. The first kappa shape index (κ1) is 29.7. The van der Waals surface area contributed by atoms with Gasteiger partial charge in [-0.25, -0.2) is 0 Å². The van der Waals surface area contributed by atoms with Gasteiger partial charge in [-0.1, -0.05) is 41.9 Å². The van der Waals surface area contributed by atoms with Crippen LogP contribution >= 0.6 is 11.6 Å². The van der Waals surface area contributed by atoms with Crippen LogP contribution in [0.1, 0.15) is 54.3 Å². The third-order valence-corrected chi connectivity index (χ3v) is 8.01. The number of halogens is 7. The fourth-order valence-electron chi connectivity index (χ4n) is 5.70.